The van der Waals surface area contributed by atoms with E-state index in [9.17, 15) is 4.79 Å². The van der Waals surface area contributed by atoms with Gasteiger partial charge in [-0.15, -0.1) is 0 Å². The predicted molar refractivity (Wildman–Crippen MR) is 42.5 cm³/mol. The van der Waals surface area contributed by atoms with Gasteiger partial charge in [-0.2, -0.15) is 0 Å². The highest BCUT2D eigenvalue weighted by Crippen LogP contribution is 2.18. The first-order valence-corrected chi connectivity index (χ1v) is 3.40. The first-order valence-electron chi connectivity index (χ1n) is 3.40. The minimum atomic E-state index is -0.486. The number of hydrogen-bond acceptors (Lipinski definition) is 3. The number of fused-ring (bicyclic) bond motifs is 1. The smallest absolute Gasteiger partial charge is 0.252 e. The van der Waals surface area contributed by atoms with Crippen LogP contribution in [0.2, 0.25) is 0 Å². The van der Waals surface area contributed by atoms with Crippen LogP contribution in [-0.4, -0.2) is 10.9 Å². The van der Waals surface area contributed by atoms with Gasteiger partial charge in [0.05, 0.1) is 11.8 Å². The molecule has 2 aromatic rings. The van der Waals surface area contributed by atoms with Crippen molar-refractivity contribution >= 4 is 16.9 Å². The quantitative estimate of drug-likeness (QED) is 0.678. The third kappa shape index (κ3) is 0.852. The van der Waals surface area contributed by atoms with Gasteiger partial charge in [-0.05, 0) is 6.07 Å². The van der Waals surface area contributed by atoms with E-state index in [0.717, 1.165) is 0 Å². The molecule has 0 saturated carbocycles. The highest BCUT2D eigenvalue weighted by molar-refractivity contribution is 6.04. The van der Waals surface area contributed by atoms with Gasteiger partial charge in [-0.1, -0.05) is 0 Å². The Labute approximate surface area is 68.0 Å². The monoisotopic (exact) mass is 162 g/mol. The maximum Gasteiger partial charge on any atom is 0.252 e. The number of pyridine rings is 1. The normalized spacial score (nSPS) is 10.3. The molecule has 0 bridgehead atoms. The van der Waals surface area contributed by atoms with Crippen molar-refractivity contribution in [2.24, 2.45) is 5.73 Å². The molecule has 60 valence electrons. The van der Waals surface area contributed by atoms with Crippen LogP contribution in [0.15, 0.2) is 29.1 Å². The zero-order valence-corrected chi connectivity index (χ0v) is 6.15. The van der Waals surface area contributed by atoms with Gasteiger partial charge in [0, 0.05) is 11.6 Å². The summed E-state index contributed by atoms with van der Waals surface area (Å²) in [5, 5.41) is 0.706. The molecule has 0 saturated heterocycles. The van der Waals surface area contributed by atoms with Crippen LogP contribution in [-0.2, 0) is 0 Å². The Morgan fingerprint density at radius 1 is 1.58 bits per heavy atom. The lowest BCUT2D eigenvalue weighted by Gasteiger charge is -1.87. The fourth-order valence-corrected chi connectivity index (χ4v) is 1.07. The predicted octanol–water partition coefficient (Wildman–Crippen LogP) is 0.927. The van der Waals surface area contributed by atoms with Gasteiger partial charge in [0.2, 0.25) is 0 Å². The second kappa shape index (κ2) is 2.34. The van der Waals surface area contributed by atoms with Gasteiger partial charge in [0.15, 0.2) is 5.58 Å². The van der Waals surface area contributed by atoms with Crippen LogP contribution >= 0.6 is 0 Å². The standard InChI is InChI=1S/C8H6N2O2/c9-8(11)6-4-12-7-3-10-2-1-5(6)7/h1-4H,(H2,9,11). The molecule has 0 atom stereocenters. The van der Waals surface area contributed by atoms with Crippen LogP contribution in [0.5, 0.6) is 0 Å². The molecule has 0 aliphatic rings. The number of nitrogens with zero attached hydrogens (tertiary/aromatic N) is 1. The molecule has 1 amide bonds. The molecule has 4 nitrogen and oxygen atoms in total. The van der Waals surface area contributed by atoms with Crippen LogP contribution in [0.4, 0.5) is 0 Å². The highest BCUT2D eigenvalue weighted by atomic mass is 16.3. The number of carbonyl (C=O) groups excluding carboxylic acids is 1. The number of rotatable bonds is 1. The van der Waals surface area contributed by atoms with Crippen LogP contribution in [0.25, 0.3) is 11.0 Å². The van der Waals surface area contributed by atoms with E-state index in [4.69, 9.17) is 10.2 Å². The number of nitrogens with two attached hydrogens (primary N) is 1. The van der Waals surface area contributed by atoms with E-state index in [-0.39, 0.29) is 0 Å². The fourth-order valence-electron chi connectivity index (χ4n) is 1.07. The Bertz CT molecular complexity index is 433. The van der Waals surface area contributed by atoms with Crippen LogP contribution in [0.3, 0.4) is 0 Å². The second-order valence-corrected chi connectivity index (χ2v) is 2.39. The van der Waals surface area contributed by atoms with Crippen molar-refractivity contribution in [3.05, 3.63) is 30.3 Å². The van der Waals surface area contributed by atoms with Crippen molar-refractivity contribution < 1.29 is 9.21 Å². The number of primary amides is 1. The molecule has 2 aromatic heterocycles. The lowest BCUT2D eigenvalue weighted by molar-refractivity contribution is 0.100. The molecule has 0 aliphatic carbocycles. The summed E-state index contributed by atoms with van der Waals surface area (Å²) in [5.74, 6) is -0.486. The molecule has 0 fully saturated rings. The molecular weight excluding hydrogens is 156 g/mol. The Balaban J connectivity index is 2.79. The Kier molecular flexibility index (Phi) is 1.33. The van der Waals surface area contributed by atoms with Crippen molar-refractivity contribution in [3.63, 3.8) is 0 Å². The summed E-state index contributed by atoms with van der Waals surface area (Å²) < 4.78 is 5.05. The molecular formula is C8H6N2O2. The zero-order chi connectivity index (χ0) is 8.55. The van der Waals surface area contributed by atoms with Gasteiger partial charge in [0.25, 0.3) is 5.91 Å². The summed E-state index contributed by atoms with van der Waals surface area (Å²) in [6.07, 6.45) is 4.47. The summed E-state index contributed by atoms with van der Waals surface area (Å²) in [5.41, 5.74) is 6.08. The minimum absolute atomic E-state index is 0.396. The lowest BCUT2D eigenvalue weighted by Crippen LogP contribution is -2.09. The Morgan fingerprint density at radius 2 is 2.42 bits per heavy atom. The van der Waals surface area contributed by atoms with Gasteiger partial charge in [-0.3, -0.25) is 9.78 Å². The summed E-state index contributed by atoms with van der Waals surface area (Å²) in [4.78, 5) is 14.7. The molecule has 0 spiro atoms. The van der Waals surface area contributed by atoms with Crippen LogP contribution in [0, 0.1) is 0 Å². The largest absolute Gasteiger partial charge is 0.462 e. The van der Waals surface area contributed by atoms with E-state index in [1.807, 2.05) is 0 Å². The molecule has 2 heterocycles. The van der Waals surface area contributed by atoms with Gasteiger partial charge < -0.3 is 10.2 Å². The van der Waals surface area contributed by atoms with Gasteiger partial charge in [-0.25, -0.2) is 0 Å². The molecule has 2 N–H and O–H groups in total. The lowest BCUT2D eigenvalue weighted by atomic mass is 10.2. The SMILES string of the molecule is NC(=O)c1coc2cnccc12. The number of hydrogen-bond donors (Lipinski definition) is 1. The highest BCUT2D eigenvalue weighted by Gasteiger charge is 2.09. The van der Waals surface area contributed by atoms with Crippen molar-refractivity contribution in [1.29, 1.82) is 0 Å². The number of carbonyl (C=O) groups is 1. The Morgan fingerprint density at radius 3 is 3.17 bits per heavy atom. The molecule has 0 aliphatic heterocycles. The number of aromatic nitrogens is 1. The van der Waals surface area contributed by atoms with Gasteiger partial charge >= 0.3 is 0 Å². The third-order valence-corrected chi connectivity index (χ3v) is 1.64. The summed E-state index contributed by atoms with van der Waals surface area (Å²) in [6, 6.07) is 1.69. The summed E-state index contributed by atoms with van der Waals surface area (Å²) >= 11 is 0. The fraction of sp³-hybridized carbons (Fsp3) is 0. The minimum Gasteiger partial charge on any atom is -0.462 e. The number of furan rings is 1. The zero-order valence-electron chi connectivity index (χ0n) is 6.15. The van der Waals surface area contributed by atoms with Crippen molar-refractivity contribution in [2.45, 2.75) is 0 Å². The van der Waals surface area contributed by atoms with E-state index in [1.165, 1.54) is 6.26 Å². The van der Waals surface area contributed by atoms with E-state index >= 15 is 0 Å². The van der Waals surface area contributed by atoms with E-state index in [1.54, 1.807) is 18.5 Å². The maximum absolute atomic E-state index is 10.8. The molecule has 0 aromatic carbocycles. The first kappa shape index (κ1) is 6.84. The average Bonchev–Trinajstić information content (AvgIpc) is 2.47. The molecule has 2 rings (SSSR count). The summed E-state index contributed by atoms with van der Waals surface area (Å²) in [6.45, 7) is 0. The van der Waals surface area contributed by atoms with Crippen LogP contribution < -0.4 is 5.73 Å². The molecule has 0 radical (unpaired) electrons. The average molecular weight is 162 g/mol. The topological polar surface area (TPSA) is 69.1 Å². The second-order valence-electron chi connectivity index (χ2n) is 2.39. The number of amides is 1. The summed E-state index contributed by atoms with van der Waals surface area (Å²) in [7, 11) is 0. The van der Waals surface area contributed by atoms with Crippen molar-refractivity contribution in [3.8, 4) is 0 Å². The van der Waals surface area contributed by atoms with Crippen LogP contribution in [0.1, 0.15) is 10.4 Å². The third-order valence-electron chi connectivity index (χ3n) is 1.64. The van der Waals surface area contributed by atoms with Crippen molar-refractivity contribution in [2.75, 3.05) is 0 Å². The van der Waals surface area contributed by atoms with E-state index in [2.05, 4.69) is 4.98 Å². The molecule has 12 heavy (non-hydrogen) atoms. The van der Waals surface area contributed by atoms with E-state index < -0.39 is 5.91 Å². The molecule has 0 unspecified atom stereocenters. The van der Waals surface area contributed by atoms with E-state index in [0.29, 0.717) is 16.5 Å². The van der Waals surface area contributed by atoms with Gasteiger partial charge in [0.1, 0.15) is 6.26 Å². The Hall–Kier alpha value is -1.84. The van der Waals surface area contributed by atoms with Crippen molar-refractivity contribution in [1.82, 2.24) is 4.98 Å². The first-order chi connectivity index (χ1) is 5.79. The maximum atomic E-state index is 10.8. The molecule has 4 heteroatoms.